The van der Waals surface area contributed by atoms with Crippen molar-refractivity contribution in [2.24, 2.45) is 5.10 Å². The van der Waals surface area contributed by atoms with E-state index in [-0.39, 0.29) is 11.3 Å². The zero-order valence-corrected chi connectivity index (χ0v) is 20.0. The van der Waals surface area contributed by atoms with Crippen molar-refractivity contribution in [3.05, 3.63) is 120 Å². The van der Waals surface area contributed by atoms with E-state index in [1.807, 2.05) is 55.5 Å². The Morgan fingerprint density at radius 1 is 0.730 bits per heavy atom. The highest BCUT2D eigenvalue weighted by atomic mass is 16.5. The fourth-order valence-corrected chi connectivity index (χ4v) is 3.39. The molecule has 8 nitrogen and oxygen atoms in total. The fraction of sp³-hybridized carbons (Fsp3) is 0.0345. The first-order chi connectivity index (χ1) is 18.0. The average Bonchev–Trinajstić information content (AvgIpc) is 2.90. The second-order valence-corrected chi connectivity index (χ2v) is 8.01. The van der Waals surface area contributed by atoms with Crippen LogP contribution in [0.4, 0.5) is 11.4 Å². The predicted molar refractivity (Wildman–Crippen MR) is 143 cm³/mol. The van der Waals surface area contributed by atoms with Gasteiger partial charge in [-0.3, -0.25) is 14.4 Å². The number of nitrogens with zero attached hydrogens (tertiary/aromatic N) is 1. The van der Waals surface area contributed by atoms with Crippen LogP contribution in [0.25, 0.3) is 0 Å². The van der Waals surface area contributed by atoms with Gasteiger partial charge in [0.05, 0.1) is 17.5 Å². The molecule has 0 fully saturated rings. The quantitative estimate of drug-likeness (QED) is 0.189. The zero-order chi connectivity index (χ0) is 26.0. The van der Waals surface area contributed by atoms with Crippen LogP contribution in [0.3, 0.4) is 0 Å². The van der Waals surface area contributed by atoms with Crippen LogP contribution in [-0.4, -0.2) is 23.9 Å². The third-order valence-corrected chi connectivity index (χ3v) is 5.12. The van der Waals surface area contributed by atoms with Crippen LogP contribution in [0.15, 0.2) is 108 Å². The highest BCUT2D eigenvalue weighted by Crippen LogP contribution is 2.21. The van der Waals surface area contributed by atoms with E-state index in [1.165, 1.54) is 12.3 Å². The van der Waals surface area contributed by atoms with Gasteiger partial charge in [-0.15, -0.1) is 0 Å². The Hall–Kier alpha value is -5.24. The summed E-state index contributed by atoms with van der Waals surface area (Å²) < 4.78 is 5.78. The summed E-state index contributed by atoms with van der Waals surface area (Å²) in [5, 5.41) is 9.11. The van der Waals surface area contributed by atoms with Gasteiger partial charge in [0.25, 0.3) is 5.91 Å². The predicted octanol–water partition coefficient (Wildman–Crippen LogP) is 5.13. The van der Waals surface area contributed by atoms with Gasteiger partial charge in [0.1, 0.15) is 11.5 Å². The summed E-state index contributed by atoms with van der Waals surface area (Å²) in [6, 6.07) is 30.2. The van der Waals surface area contributed by atoms with Gasteiger partial charge in [-0.05, 0) is 66.6 Å². The highest BCUT2D eigenvalue weighted by molar-refractivity contribution is 6.40. The molecular formula is C29H24N4O4. The topological polar surface area (TPSA) is 109 Å². The molecule has 0 saturated carbocycles. The summed E-state index contributed by atoms with van der Waals surface area (Å²) >= 11 is 0. The average molecular weight is 493 g/mol. The Kier molecular flexibility index (Phi) is 8.03. The highest BCUT2D eigenvalue weighted by Gasteiger charge is 2.17. The van der Waals surface area contributed by atoms with Gasteiger partial charge in [0, 0.05) is 5.69 Å². The number of hydrazone groups is 1. The number of carbonyl (C=O) groups excluding carboxylic acids is 3. The van der Waals surface area contributed by atoms with Crippen LogP contribution in [-0.2, 0) is 9.59 Å². The lowest BCUT2D eigenvalue weighted by atomic mass is 10.1. The normalized spacial score (nSPS) is 10.5. The van der Waals surface area contributed by atoms with Crippen molar-refractivity contribution >= 4 is 35.3 Å². The number of amides is 3. The summed E-state index contributed by atoms with van der Waals surface area (Å²) in [7, 11) is 0. The number of hydrogen-bond donors (Lipinski definition) is 3. The number of para-hydroxylation sites is 2. The largest absolute Gasteiger partial charge is 0.457 e. The monoisotopic (exact) mass is 492 g/mol. The molecule has 0 aliphatic heterocycles. The maximum absolute atomic E-state index is 12.8. The molecule has 184 valence electrons. The van der Waals surface area contributed by atoms with E-state index in [1.54, 1.807) is 48.5 Å². The molecule has 0 aromatic heterocycles. The second kappa shape index (κ2) is 11.9. The van der Waals surface area contributed by atoms with Gasteiger partial charge in [-0.2, -0.15) is 5.10 Å². The van der Waals surface area contributed by atoms with E-state index in [2.05, 4.69) is 21.2 Å². The Bertz CT molecular complexity index is 1450. The SMILES string of the molecule is Cc1cccc(NC(=O)c2ccccc2NC(=O)C(=O)N/N=C/c2cccc(Oc3ccccc3)c2)c1. The van der Waals surface area contributed by atoms with E-state index in [0.29, 0.717) is 22.7 Å². The van der Waals surface area contributed by atoms with E-state index in [4.69, 9.17) is 4.74 Å². The minimum atomic E-state index is -0.984. The molecule has 0 unspecified atom stereocenters. The van der Waals surface area contributed by atoms with E-state index < -0.39 is 17.7 Å². The molecule has 0 aliphatic rings. The number of benzene rings is 4. The van der Waals surface area contributed by atoms with Crippen molar-refractivity contribution in [3.63, 3.8) is 0 Å². The maximum Gasteiger partial charge on any atom is 0.329 e. The van der Waals surface area contributed by atoms with Crippen LogP contribution in [0.1, 0.15) is 21.5 Å². The van der Waals surface area contributed by atoms with Crippen molar-refractivity contribution in [2.75, 3.05) is 10.6 Å². The van der Waals surface area contributed by atoms with Crippen LogP contribution < -0.4 is 20.8 Å². The number of hydrogen-bond acceptors (Lipinski definition) is 5. The minimum absolute atomic E-state index is 0.197. The Morgan fingerprint density at radius 2 is 1.46 bits per heavy atom. The Labute approximate surface area is 214 Å². The first-order valence-corrected chi connectivity index (χ1v) is 11.4. The molecule has 0 atom stereocenters. The van der Waals surface area contributed by atoms with E-state index in [0.717, 1.165) is 5.56 Å². The van der Waals surface area contributed by atoms with Crippen molar-refractivity contribution in [1.82, 2.24) is 5.43 Å². The number of anilines is 2. The number of nitrogens with one attached hydrogen (secondary N) is 3. The van der Waals surface area contributed by atoms with Crippen LogP contribution in [0.2, 0.25) is 0 Å². The van der Waals surface area contributed by atoms with Gasteiger partial charge in [0.15, 0.2) is 0 Å². The van der Waals surface area contributed by atoms with Crippen molar-refractivity contribution in [2.45, 2.75) is 6.92 Å². The lowest BCUT2D eigenvalue weighted by Crippen LogP contribution is -2.33. The number of rotatable bonds is 7. The molecule has 0 heterocycles. The maximum atomic E-state index is 12.8. The molecule has 8 heteroatoms. The van der Waals surface area contributed by atoms with Crippen molar-refractivity contribution < 1.29 is 19.1 Å². The molecule has 4 aromatic carbocycles. The van der Waals surface area contributed by atoms with E-state index in [9.17, 15) is 14.4 Å². The molecule has 0 aliphatic carbocycles. The zero-order valence-electron chi connectivity index (χ0n) is 20.0. The lowest BCUT2D eigenvalue weighted by molar-refractivity contribution is -0.136. The molecule has 3 amide bonds. The standard InChI is InChI=1S/C29H24N4O4/c1-20-9-7-11-22(17-20)31-27(34)25-15-5-6-16-26(25)32-28(35)29(36)33-30-19-21-10-8-14-24(18-21)37-23-12-3-2-4-13-23/h2-19H,1H3,(H,31,34)(H,32,35)(H,33,36)/b30-19+. The molecule has 4 aromatic rings. The van der Waals surface area contributed by atoms with Gasteiger partial charge >= 0.3 is 11.8 Å². The summed E-state index contributed by atoms with van der Waals surface area (Å²) in [6.45, 7) is 1.92. The molecule has 0 spiro atoms. The summed E-state index contributed by atoms with van der Waals surface area (Å²) in [5.41, 5.74) is 4.87. The van der Waals surface area contributed by atoms with Crippen molar-refractivity contribution in [3.8, 4) is 11.5 Å². The third-order valence-electron chi connectivity index (χ3n) is 5.12. The van der Waals surface area contributed by atoms with Gasteiger partial charge in [-0.1, -0.05) is 54.6 Å². The van der Waals surface area contributed by atoms with E-state index >= 15 is 0 Å². The smallest absolute Gasteiger partial charge is 0.329 e. The Balaban J connectivity index is 1.35. The van der Waals surface area contributed by atoms with Gasteiger partial charge in [0.2, 0.25) is 0 Å². The minimum Gasteiger partial charge on any atom is -0.457 e. The Morgan fingerprint density at radius 3 is 2.27 bits per heavy atom. The molecule has 37 heavy (non-hydrogen) atoms. The summed E-state index contributed by atoms with van der Waals surface area (Å²) in [4.78, 5) is 37.5. The molecule has 3 N–H and O–H groups in total. The van der Waals surface area contributed by atoms with Crippen LogP contribution >= 0.6 is 0 Å². The first-order valence-electron chi connectivity index (χ1n) is 11.4. The molecule has 0 bridgehead atoms. The second-order valence-electron chi connectivity index (χ2n) is 8.01. The third kappa shape index (κ3) is 7.12. The molecule has 0 radical (unpaired) electrons. The number of ether oxygens (including phenoxy) is 1. The van der Waals surface area contributed by atoms with Crippen LogP contribution in [0, 0.1) is 6.92 Å². The number of aryl methyl sites for hydroxylation is 1. The first kappa shape index (κ1) is 24.9. The molecular weight excluding hydrogens is 468 g/mol. The summed E-state index contributed by atoms with van der Waals surface area (Å²) in [5.74, 6) is -1.08. The van der Waals surface area contributed by atoms with Gasteiger partial charge in [-0.25, -0.2) is 5.43 Å². The van der Waals surface area contributed by atoms with Gasteiger partial charge < -0.3 is 15.4 Å². The fourth-order valence-electron chi connectivity index (χ4n) is 3.39. The lowest BCUT2D eigenvalue weighted by Gasteiger charge is -2.11. The summed E-state index contributed by atoms with van der Waals surface area (Å²) in [6.07, 6.45) is 1.40. The molecule has 0 saturated heterocycles. The number of carbonyl (C=O) groups is 3. The van der Waals surface area contributed by atoms with Crippen molar-refractivity contribution in [1.29, 1.82) is 0 Å². The van der Waals surface area contributed by atoms with Crippen LogP contribution in [0.5, 0.6) is 11.5 Å². The molecule has 4 rings (SSSR count).